The average Bonchev–Trinajstić information content (AvgIpc) is 3.15. The van der Waals surface area contributed by atoms with Crippen LogP contribution >= 0.6 is 0 Å². The van der Waals surface area contributed by atoms with Crippen molar-refractivity contribution >= 4 is 39.5 Å². The quantitative estimate of drug-likeness (QED) is 0.532. The molecule has 1 N–H and O–H groups in total. The van der Waals surface area contributed by atoms with Crippen LogP contribution in [0.5, 0.6) is 0 Å². The van der Waals surface area contributed by atoms with Gasteiger partial charge in [0.05, 0.1) is 5.92 Å². The highest BCUT2D eigenvalue weighted by Crippen LogP contribution is 2.34. The third-order valence-electron chi connectivity index (χ3n) is 6.01. The van der Waals surface area contributed by atoms with Crippen LogP contribution in [0.25, 0.3) is 22.1 Å². The molecule has 0 radical (unpaired) electrons. The number of hydrogen-bond acceptors (Lipinski definition) is 5. The first kappa shape index (κ1) is 18.6. The fourth-order valence-electron chi connectivity index (χ4n) is 4.18. The Balaban J connectivity index is 1.40. The minimum atomic E-state index is -0.102. The van der Waals surface area contributed by atoms with E-state index in [2.05, 4.69) is 34.0 Å². The lowest BCUT2D eigenvalue weighted by Gasteiger charge is -2.32. The Bertz CT molecular complexity index is 1250. The summed E-state index contributed by atoms with van der Waals surface area (Å²) in [6, 6.07) is 13.9. The lowest BCUT2D eigenvalue weighted by atomic mass is 9.96. The fourth-order valence-corrected chi connectivity index (χ4v) is 4.18. The number of rotatable bonds is 3. The van der Waals surface area contributed by atoms with E-state index >= 15 is 0 Å². The molecule has 2 aromatic heterocycles. The summed E-state index contributed by atoms with van der Waals surface area (Å²) in [5, 5.41) is 4.07. The number of hydrogen-bond donors (Lipinski definition) is 1. The van der Waals surface area contributed by atoms with Crippen LogP contribution in [-0.4, -0.2) is 29.0 Å². The molecule has 1 saturated heterocycles. The molecule has 1 aliphatic heterocycles. The molecule has 4 aromatic rings. The minimum absolute atomic E-state index is 0.0536. The largest absolute Gasteiger partial charge is 0.450 e. The van der Waals surface area contributed by atoms with E-state index < -0.39 is 0 Å². The second-order valence-corrected chi connectivity index (χ2v) is 8.05. The van der Waals surface area contributed by atoms with Gasteiger partial charge in [-0.1, -0.05) is 18.2 Å². The summed E-state index contributed by atoms with van der Waals surface area (Å²) >= 11 is 0. The number of benzene rings is 2. The van der Waals surface area contributed by atoms with Crippen molar-refractivity contribution in [3.05, 3.63) is 59.9 Å². The Morgan fingerprint density at radius 2 is 2.00 bits per heavy atom. The van der Waals surface area contributed by atoms with E-state index in [9.17, 15) is 4.79 Å². The number of aryl methyl sites for hydroxylation is 2. The highest BCUT2D eigenvalue weighted by molar-refractivity contribution is 6.05. The Morgan fingerprint density at radius 3 is 2.87 bits per heavy atom. The molecule has 6 nitrogen and oxygen atoms in total. The summed E-state index contributed by atoms with van der Waals surface area (Å²) in [5.74, 6) is 0.715. The SMILES string of the molecule is Cc1ccc(NC(=O)C2CCCN(c3ncnc4c3oc3ccccc34)C2)cc1C. The topological polar surface area (TPSA) is 71.3 Å². The zero-order valence-corrected chi connectivity index (χ0v) is 17.2. The molecular weight excluding hydrogens is 376 g/mol. The highest BCUT2D eigenvalue weighted by atomic mass is 16.3. The fraction of sp³-hybridized carbons (Fsp3) is 0.292. The summed E-state index contributed by atoms with van der Waals surface area (Å²) in [6.07, 6.45) is 3.37. The molecule has 1 unspecified atom stereocenters. The van der Waals surface area contributed by atoms with Gasteiger partial charge in [0, 0.05) is 24.2 Å². The smallest absolute Gasteiger partial charge is 0.229 e. The van der Waals surface area contributed by atoms with Crippen molar-refractivity contribution in [1.82, 2.24) is 9.97 Å². The van der Waals surface area contributed by atoms with Crippen LogP contribution in [0.4, 0.5) is 11.5 Å². The van der Waals surface area contributed by atoms with Crippen LogP contribution in [0, 0.1) is 19.8 Å². The molecule has 0 spiro atoms. The predicted molar refractivity (Wildman–Crippen MR) is 119 cm³/mol. The number of amides is 1. The molecule has 6 heteroatoms. The molecule has 1 atom stereocenters. The molecule has 1 aliphatic rings. The molecule has 0 saturated carbocycles. The van der Waals surface area contributed by atoms with Gasteiger partial charge in [0.15, 0.2) is 11.4 Å². The van der Waals surface area contributed by atoms with Gasteiger partial charge in [-0.05, 0) is 62.1 Å². The monoisotopic (exact) mass is 400 g/mol. The summed E-state index contributed by atoms with van der Waals surface area (Å²) in [5.41, 5.74) is 5.55. The van der Waals surface area contributed by atoms with Crippen LogP contribution in [0.15, 0.2) is 53.2 Å². The van der Waals surface area contributed by atoms with Crippen molar-refractivity contribution in [2.75, 3.05) is 23.3 Å². The number of aromatic nitrogens is 2. The lowest BCUT2D eigenvalue weighted by Crippen LogP contribution is -2.41. The molecule has 30 heavy (non-hydrogen) atoms. The van der Waals surface area contributed by atoms with Crippen molar-refractivity contribution in [1.29, 1.82) is 0 Å². The van der Waals surface area contributed by atoms with Gasteiger partial charge in [-0.15, -0.1) is 0 Å². The third kappa shape index (κ3) is 3.28. The number of carbonyl (C=O) groups is 1. The number of carbonyl (C=O) groups excluding carboxylic acids is 1. The molecule has 3 heterocycles. The summed E-state index contributed by atoms with van der Waals surface area (Å²) < 4.78 is 6.09. The lowest BCUT2D eigenvalue weighted by molar-refractivity contribution is -0.120. The molecule has 2 aromatic carbocycles. The zero-order valence-electron chi connectivity index (χ0n) is 17.2. The molecule has 5 rings (SSSR count). The van der Waals surface area contributed by atoms with Gasteiger partial charge in [-0.25, -0.2) is 9.97 Å². The van der Waals surface area contributed by atoms with Crippen LogP contribution in [-0.2, 0) is 4.79 Å². The van der Waals surface area contributed by atoms with E-state index in [0.717, 1.165) is 47.4 Å². The molecular formula is C24H24N4O2. The number of fused-ring (bicyclic) bond motifs is 3. The van der Waals surface area contributed by atoms with Gasteiger partial charge in [0.2, 0.25) is 5.91 Å². The Hall–Kier alpha value is -3.41. The van der Waals surface area contributed by atoms with Crippen LogP contribution in [0.2, 0.25) is 0 Å². The van der Waals surface area contributed by atoms with Crippen LogP contribution in [0.3, 0.4) is 0 Å². The molecule has 0 aliphatic carbocycles. The van der Waals surface area contributed by atoms with E-state index in [1.807, 2.05) is 42.5 Å². The van der Waals surface area contributed by atoms with Gasteiger partial charge >= 0.3 is 0 Å². The van der Waals surface area contributed by atoms with E-state index in [-0.39, 0.29) is 11.8 Å². The number of nitrogens with one attached hydrogen (secondary N) is 1. The molecule has 1 amide bonds. The van der Waals surface area contributed by atoms with Crippen LogP contribution in [0.1, 0.15) is 24.0 Å². The standard InChI is InChI=1S/C24H24N4O2/c1-15-9-10-18(12-16(15)2)27-24(29)17-6-5-11-28(13-17)23-22-21(25-14-26-23)19-7-3-4-8-20(19)30-22/h3-4,7-10,12,14,17H,5-6,11,13H2,1-2H3,(H,27,29). The van der Waals surface area contributed by atoms with Crippen molar-refractivity contribution < 1.29 is 9.21 Å². The number of furan rings is 1. The number of para-hydroxylation sites is 1. The maximum atomic E-state index is 13.0. The molecule has 1 fully saturated rings. The summed E-state index contributed by atoms with van der Waals surface area (Å²) in [6.45, 7) is 5.58. The van der Waals surface area contributed by atoms with Gasteiger partial charge in [0.25, 0.3) is 0 Å². The number of anilines is 2. The maximum Gasteiger partial charge on any atom is 0.229 e. The second-order valence-electron chi connectivity index (χ2n) is 8.05. The highest BCUT2D eigenvalue weighted by Gasteiger charge is 2.28. The molecule has 0 bridgehead atoms. The Labute approximate surface area is 174 Å². The van der Waals surface area contributed by atoms with E-state index in [4.69, 9.17) is 4.42 Å². The first-order valence-electron chi connectivity index (χ1n) is 10.4. The van der Waals surface area contributed by atoms with Crippen molar-refractivity contribution in [2.24, 2.45) is 5.92 Å². The van der Waals surface area contributed by atoms with Crippen molar-refractivity contribution in [3.8, 4) is 0 Å². The Morgan fingerprint density at radius 1 is 1.13 bits per heavy atom. The number of nitrogens with zero attached hydrogens (tertiary/aromatic N) is 3. The number of piperidine rings is 1. The first-order valence-corrected chi connectivity index (χ1v) is 10.4. The van der Waals surface area contributed by atoms with Crippen molar-refractivity contribution in [3.63, 3.8) is 0 Å². The van der Waals surface area contributed by atoms with Crippen LogP contribution < -0.4 is 10.2 Å². The van der Waals surface area contributed by atoms with Crippen molar-refractivity contribution in [2.45, 2.75) is 26.7 Å². The molecule has 152 valence electrons. The third-order valence-corrected chi connectivity index (χ3v) is 6.01. The normalized spacial score (nSPS) is 16.9. The minimum Gasteiger partial charge on any atom is -0.450 e. The predicted octanol–water partition coefficient (Wildman–Crippen LogP) is 4.85. The first-order chi connectivity index (χ1) is 14.6. The Kier molecular flexibility index (Phi) is 4.62. The van der Waals surface area contributed by atoms with E-state index in [1.165, 1.54) is 11.1 Å². The van der Waals surface area contributed by atoms with Gasteiger partial charge in [-0.2, -0.15) is 0 Å². The van der Waals surface area contributed by atoms with Gasteiger partial charge < -0.3 is 14.6 Å². The van der Waals surface area contributed by atoms with E-state index in [1.54, 1.807) is 6.33 Å². The van der Waals surface area contributed by atoms with Gasteiger partial charge in [0.1, 0.15) is 17.4 Å². The van der Waals surface area contributed by atoms with E-state index in [0.29, 0.717) is 12.1 Å². The average molecular weight is 400 g/mol. The second kappa shape index (κ2) is 7.44. The van der Waals surface area contributed by atoms with Gasteiger partial charge in [-0.3, -0.25) is 4.79 Å². The zero-order chi connectivity index (χ0) is 20.7. The summed E-state index contributed by atoms with van der Waals surface area (Å²) in [4.78, 5) is 24.1. The summed E-state index contributed by atoms with van der Waals surface area (Å²) in [7, 11) is 0. The maximum absolute atomic E-state index is 13.0.